The summed E-state index contributed by atoms with van der Waals surface area (Å²) in [5.74, 6) is -0.404. The van der Waals surface area contributed by atoms with Crippen LogP contribution in [0.2, 0.25) is 0 Å². The van der Waals surface area contributed by atoms with Gasteiger partial charge in [0, 0.05) is 36.2 Å². The molecule has 6 rings (SSSR count). The molecule has 1 N–H and O–H groups in total. The average Bonchev–Trinajstić information content (AvgIpc) is 3.62. The number of aromatic nitrogens is 2. The first-order chi connectivity index (χ1) is 20.7. The quantitative estimate of drug-likeness (QED) is 0.231. The lowest BCUT2D eigenvalue weighted by Crippen LogP contribution is -2.38. The molecule has 1 unspecified atom stereocenters. The SMILES string of the molecule is CCOC(=O)CC1CCCN(C[C@H](O)c2ccc3c(c2)CCc2c-3noc2-c2noc(-c3ccccc3)c2C(F)(F)F)C1. The van der Waals surface area contributed by atoms with Gasteiger partial charge in [0.1, 0.15) is 11.3 Å². The normalized spacial score (nSPS) is 17.7. The summed E-state index contributed by atoms with van der Waals surface area (Å²) >= 11 is 0. The van der Waals surface area contributed by atoms with Crippen LogP contribution in [0.1, 0.15) is 54.5 Å². The van der Waals surface area contributed by atoms with Crippen LogP contribution in [-0.4, -0.2) is 52.5 Å². The predicted molar refractivity (Wildman–Crippen MR) is 151 cm³/mol. The minimum Gasteiger partial charge on any atom is -0.466 e. The highest BCUT2D eigenvalue weighted by atomic mass is 19.4. The third-order valence-corrected chi connectivity index (χ3v) is 8.22. The van der Waals surface area contributed by atoms with Crippen LogP contribution in [0, 0.1) is 5.92 Å². The van der Waals surface area contributed by atoms with E-state index in [9.17, 15) is 23.1 Å². The summed E-state index contributed by atoms with van der Waals surface area (Å²) in [6, 6.07) is 13.6. The molecule has 1 aliphatic heterocycles. The van der Waals surface area contributed by atoms with Crippen LogP contribution < -0.4 is 0 Å². The largest absolute Gasteiger partial charge is 0.466 e. The molecule has 0 radical (unpaired) electrons. The van der Waals surface area contributed by atoms with Gasteiger partial charge in [0.25, 0.3) is 0 Å². The number of hydrogen-bond donors (Lipinski definition) is 1. The van der Waals surface area contributed by atoms with E-state index in [4.69, 9.17) is 13.8 Å². The predicted octanol–water partition coefficient (Wildman–Crippen LogP) is 6.48. The summed E-state index contributed by atoms with van der Waals surface area (Å²) in [5, 5.41) is 19.0. The van der Waals surface area contributed by atoms with Crippen molar-refractivity contribution < 1.29 is 36.9 Å². The maximum absolute atomic E-state index is 14.3. The van der Waals surface area contributed by atoms with Crippen LogP contribution in [-0.2, 0) is 28.5 Å². The third-order valence-electron chi connectivity index (χ3n) is 8.22. The smallest absolute Gasteiger partial charge is 0.422 e. The second kappa shape index (κ2) is 12.0. The van der Waals surface area contributed by atoms with Crippen molar-refractivity contribution in [1.82, 2.24) is 15.2 Å². The fourth-order valence-corrected chi connectivity index (χ4v) is 6.24. The zero-order valence-electron chi connectivity index (χ0n) is 23.7. The van der Waals surface area contributed by atoms with E-state index in [-0.39, 0.29) is 29.0 Å². The maximum Gasteiger partial charge on any atom is 0.422 e. The van der Waals surface area contributed by atoms with E-state index in [1.165, 1.54) is 12.1 Å². The van der Waals surface area contributed by atoms with E-state index in [2.05, 4.69) is 15.2 Å². The summed E-state index contributed by atoms with van der Waals surface area (Å²) in [6.45, 7) is 4.17. The summed E-state index contributed by atoms with van der Waals surface area (Å²) in [6.07, 6.45) is -2.24. The number of likely N-dealkylation sites (tertiary alicyclic amines) is 1. The number of piperidine rings is 1. The van der Waals surface area contributed by atoms with Crippen LogP contribution in [0.3, 0.4) is 0 Å². The number of hydrogen-bond acceptors (Lipinski definition) is 8. The lowest BCUT2D eigenvalue weighted by Gasteiger charge is -2.33. The number of aliphatic hydroxyl groups is 1. The maximum atomic E-state index is 14.3. The molecule has 1 aliphatic carbocycles. The standard InChI is InChI=1S/C32H32F3N3O5/c1-2-41-26(40)15-19-7-6-14-38(17-19)18-25(39)22-11-12-23-21(16-22)10-13-24-28(23)36-43-31(24)29-27(32(33,34)35)30(42-37-29)20-8-4-3-5-9-20/h3-5,8-9,11-12,16,19,25,39H,2,6-7,10,13-15,17-18H2,1H3/t19?,25-/m0/s1. The summed E-state index contributed by atoms with van der Waals surface area (Å²) in [5.41, 5.74) is 2.29. The van der Waals surface area contributed by atoms with E-state index < -0.39 is 23.5 Å². The van der Waals surface area contributed by atoms with E-state index in [1.54, 1.807) is 25.1 Å². The molecule has 4 aromatic rings. The molecule has 43 heavy (non-hydrogen) atoms. The number of ether oxygens (including phenoxy) is 1. The van der Waals surface area contributed by atoms with Gasteiger partial charge < -0.3 is 23.8 Å². The molecule has 3 heterocycles. The van der Waals surface area contributed by atoms with Crippen LogP contribution >= 0.6 is 0 Å². The van der Waals surface area contributed by atoms with Gasteiger partial charge in [-0.2, -0.15) is 13.2 Å². The van der Waals surface area contributed by atoms with Crippen molar-refractivity contribution in [2.45, 2.75) is 51.3 Å². The number of carbonyl (C=O) groups is 1. The highest BCUT2D eigenvalue weighted by Crippen LogP contribution is 2.46. The van der Waals surface area contributed by atoms with Crippen molar-refractivity contribution in [2.24, 2.45) is 5.92 Å². The molecule has 0 saturated carbocycles. The van der Waals surface area contributed by atoms with Gasteiger partial charge in [0.05, 0.1) is 12.7 Å². The Morgan fingerprint density at radius 2 is 1.86 bits per heavy atom. The molecule has 2 aliphatic rings. The van der Waals surface area contributed by atoms with Crippen molar-refractivity contribution in [1.29, 1.82) is 0 Å². The highest BCUT2D eigenvalue weighted by molar-refractivity contribution is 5.79. The summed E-state index contributed by atoms with van der Waals surface area (Å²) < 4.78 is 58.7. The molecule has 0 amide bonds. The highest BCUT2D eigenvalue weighted by Gasteiger charge is 2.43. The van der Waals surface area contributed by atoms with E-state index >= 15 is 0 Å². The first kappa shape index (κ1) is 29.1. The molecule has 1 fully saturated rings. The van der Waals surface area contributed by atoms with Gasteiger partial charge in [0.2, 0.25) is 0 Å². The minimum atomic E-state index is -4.73. The van der Waals surface area contributed by atoms with Crippen LogP contribution in [0.15, 0.2) is 57.6 Å². The lowest BCUT2D eigenvalue weighted by atomic mass is 9.86. The topological polar surface area (TPSA) is 102 Å². The number of rotatable bonds is 8. The van der Waals surface area contributed by atoms with Crippen molar-refractivity contribution in [3.8, 4) is 34.0 Å². The zero-order valence-corrected chi connectivity index (χ0v) is 23.7. The monoisotopic (exact) mass is 595 g/mol. The van der Waals surface area contributed by atoms with Crippen LogP contribution in [0.5, 0.6) is 0 Å². The van der Waals surface area contributed by atoms with Gasteiger partial charge in [-0.25, -0.2) is 0 Å². The van der Waals surface area contributed by atoms with Gasteiger partial charge >= 0.3 is 12.1 Å². The number of β-amino-alcohol motifs (C(OH)–C–C–N with tert-alkyl or cyclic N) is 1. The number of fused-ring (bicyclic) bond motifs is 3. The van der Waals surface area contributed by atoms with Crippen LogP contribution in [0.4, 0.5) is 13.2 Å². The Kier molecular flexibility index (Phi) is 8.11. The van der Waals surface area contributed by atoms with Gasteiger partial charge in [0.15, 0.2) is 17.2 Å². The average molecular weight is 596 g/mol. The van der Waals surface area contributed by atoms with Crippen molar-refractivity contribution >= 4 is 5.97 Å². The number of carbonyl (C=O) groups excluding carboxylic acids is 1. The molecule has 0 spiro atoms. The van der Waals surface area contributed by atoms with Gasteiger partial charge in [-0.3, -0.25) is 4.79 Å². The molecule has 226 valence electrons. The molecule has 2 aromatic carbocycles. The molecular weight excluding hydrogens is 563 g/mol. The number of alkyl halides is 3. The Labute approximate surface area is 246 Å². The molecular formula is C32H32F3N3O5. The third kappa shape index (κ3) is 5.96. The second-order valence-electron chi connectivity index (χ2n) is 11.1. The van der Waals surface area contributed by atoms with Crippen molar-refractivity contribution in [3.05, 3.63) is 70.8 Å². The number of aryl methyl sites for hydroxylation is 1. The summed E-state index contributed by atoms with van der Waals surface area (Å²) in [7, 11) is 0. The Bertz CT molecular complexity index is 1600. The Hall–Kier alpha value is -3.96. The summed E-state index contributed by atoms with van der Waals surface area (Å²) in [4.78, 5) is 14.1. The van der Waals surface area contributed by atoms with E-state index in [0.717, 1.165) is 42.6 Å². The van der Waals surface area contributed by atoms with Gasteiger partial charge in [-0.05, 0) is 56.2 Å². The Morgan fingerprint density at radius 1 is 1.09 bits per heavy atom. The Balaban J connectivity index is 1.22. The molecule has 1 saturated heterocycles. The molecule has 2 aromatic heterocycles. The van der Waals surface area contributed by atoms with Crippen molar-refractivity contribution in [3.63, 3.8) is 0 Å². The fraction of sp³-hybridized carbons (Fsp3) is 0.406. The minimum absolute atomic E-state index is 0.0505. The molecule has 11 heteroatoms. The van der Waals surface area contributed by atoms with Crippen LogP contribution in [0.25, 0.3) is 34.0 Å². The second-order valence-corrected chi connectivity index (χ2v) is 11.1. The fourth-order valence-electron chi connectivity index (χ4n) is 6.24. The number of esters is 1. The first-order valence-corrected chi connectivity index (χ1v) is 14.5. The van der Waals surface area contributed by atoms with Gasteiger partial charge in [-0.1, -0.05) is 58.8 Å². The zero-order chi connectivity index (χ0) is 30.1. The van der Waals surface area contributed by atoms with Gasteiger partial charge in [-0.15, -0.1) is 0 Å². The van der Waals surface area contributed by atoms with E-state index in [1.807, 2.05) is 18.2 Å². The number of benzene rings is 2. The lowest BCUT2D eigenvalue weighted by molar-refractivity contribution is -0.144. The van der Waals surface area contributed by atoms with E-state index in [0.29, 0.717) is 43.7 Å². The number of halogens is 3. The number of nitrogens with zero attached hydrogens (tertiary/aromatic N) is 3. The molecule has 8 nitrogen and oxygen atoms in total. The molecule has 0 bridgehead atoms. The Morgan fingerprint density at radius 3 is 2.63 bits per heavy atom. The van der Waals surface area contributed by atoms with Crippen molar-refractivity contribution in [2.75, 3.05) is 26.2 Å². The molecule has 2 atom stereocenters. The first-order valence-electron chi connectivity index (χ1n) is 14.5. The number of aliphatic hydroxyl groups excluding tert-OH is 1.